The first-order valence-corrected chi connectivity index (χ1v) is 6.73. The summed E-state index contributed by atoms with van der Waals surface area (Å²) in [6.45, 7) is 8.76. The van der Waals surface area contributed by atoms with Crippen LogP contribution >= 0.6 is 0 Å². The van der Waals surface area contributed by atoms with Gasteiger partial charge in [-0.15, -0.1) is 9.63 Å². The highest BCUT2D eigenvalue weighted by atomic mass is 16.7. The number of aromatic nitrogens is 3. The van der Waals surface area contributed by atoms with Crippen LogP contribution in [0.2, 0.25) is 0 Å². The lowest BCUT2D eigenvalue weighted by Gasteiger charge is -2.34. The zero-order valence-electron chi connectivity index (χ0n) is 12.8. The number of methoxy groups -OCH3 is 1. The van der Waals surface area contributed by atoms with Crippen molar-refractivity contribution in [3.05, 3.63) is 5.82 Å². The number of rotatable bonds is 3. The number of morpholine rings is 1. The molecule has 0 aliphatic carbocycles. The van der Waals surface area contributed by atoms with Crippen LogP contribution < -0.4 is 9.38 Å². The van der Waals surface area contributed by atoms with Crippen molar-refractivity contribution >= 4 is 5.95 Å². The molecular formula is C13H23N4O3+. The first kappa shape index (κ1) is 15.1. The van der Waals surface area contributed by atoms with Gasteiger partial charge in [-0.25, -0.2) is 0 Å². The highest BCUT2D eigenvalue weighted by Crippen LogP contribution is 2.26. The lowest BCUT2D eigenvalue weighted by atomic mass is 9.96. The van der Waals surface area contributed by atoms with E-state index in [2.05, 4.69) is 35.7 Å². The Morgan fingerprint density at radius 1 is 1.05 bits per heavy atom. The van der Waals surface area contributed by atoms with Crippen LogP contribution in [-0.4, -0.2) is 55.5 Å². The molecule has 7 heteroatoms. The van der Waals surface area contributed by atoms with Gasteiger partial charge in [0.2, 0.25) is 0 Å². The molecule has 0 spiro atoms. The minimum atomic E-state index is -0.186. The smallest absolute Gasteiger partial charge is 0.368 e. The Hall–Kier alpha value is -1.31. The van der Waals surface area contributed by atoms with Gasteiger partial charge in [0.1, 0.15) is 18.9 Å². The van der Waals surface area contributed by atoms with Crippen LogP contribution in [0.5, 0.6) is 6.01 Å². The predicted octanol–water partition coefficient (Wildman–Crippen LogP) is 1.08. The predicted molar refractivity (Wildman–Crippen MR) is 74.4 cm³/mol. The van der Waals surface area contributed by atoms with Gasteiger partial charge < -0.3 is 9.47 Å². The molecule has 0 amide bonds. The summed E-state index contributed by atoms with van der Waals surface area (Å²) in [6.07, 6.45) is 0. The van der Waals surface area contributed by atoms with E-state index in [0.29, 0.717) is 44.1 Å². The first-order chi connectivity index (χ1) is 9.41. The Kier molecular flexibility index (Phi) is 4.22. The number of hydroxylamine groups is 2. The van der Waals surface area contributed by atoms with Crippen molar-refractivity contribution in [3.8, 4) is 6.01 Å². The van der Waals surface area contributed by atoms with Gasteiger partial charge in [-0.2, -0.15) is 14.8 Å². The molecule has 20 heavy (non-hydrogen) atoms. The van der Waals surface area contributed by atoms with Crippen LogP contribution in [0.25, 0.3) is 0 Å². The second-order valence-electron chi connectivity index (χ2n) is 5.83. The molecule has 2 heterocycles. The summed E-state index contributed by atoms with van der Waals surface area (Å²) >= 11 is 0. The van der Waals surface area contributed by atoms with Crippen molar-refractivity contribution in [1.82, 2.24) is 19.6 Å². The molecule has 0 atom stereocenters. The molecule has 1 aliphatic rings. The van der Waals surface area contributed by atoms with E-state index in [1.54, 1.807) is 14.2 Å². The van der Waals surface area contributed by atoms with Gasteiger partial charge in [-0.1, -0.05) is 20.8 Å². The van der Waals surface area contributed by atoms with Crippen LogP contribution in [0.3, 0.4) is 0 Å². The topological polar surface area (TPSA) is 66.4 Å². The molecule has 0 bridgehead atoms. The molecule has 1 saturated heterocycles. The van der Waals surface area contributed by atoms with Gasteiger partial charge in [0.15, 0.2) is 0 Å². The maximum Gasteiger partial charge on any atom is 0.368 e. The maximum absolute atomic E-state index is 5.68. The lowest BCUT2D eigenvalue weighted by Crippen LogP contribution is -2.56. The molecule has 1 aliphatic heterocycles. The van der Waals surface area contributed by atoms with Crippen molar-refractivity contribution in [2.45, 2.75) is 26.2 Å². The second kappa shape index (κ2) is 5.59. The van der Waals surface area contributed by atoms with E-state index in [9.17, 15) is 0 Å². The minimum Gasteiger partial charge on any atom is -0.467 e. The van der Waals surface area contributed by atoms with Crippen molar-refractivity contribution in [1.29, 1.82) is 0 Å². The molecule has 0 aromatic carbocycles. The van der Waals surface area contributed by atoms with Crippen LogP contribution in [0.4, 0.5) is 5.95 Å². The third-order valence-electron chi connectivity index (χ3n) is 3.36. The van der Waals surface area contributed by atoms with Crippen molar-refractivity contribution < 1.29 is 14.3 Å². The third-order valence-corrected chi connectivity index (χ3v) is 3.36. The van der Waals surface area contributed by atoms with Crippen molar-refractivity contribution in [3.63, 3.8) is 0 Å². The normalized spacial score (nSPS) is 18.9. The van der Waals surface area contributed by atoms with E-state index in [4.69, 9.17) is 14.3 Å². The molecular weight excluding hydrogens is 260 g/mol. The summed E-state index contributed by atoms with van der Waals surface area (Å²) in [5.41, 5.74) is -0.186. The molecule has 0 unspecified atom stereocenters. The quantitative estimate of drug-likeness (QED) is 0.773. The molecule has 0 saturated carbocycles. The molecule has 112 valence electrons. The molecule has 1 fully saturated rings. The van der Waals surface area contributed by atoms with Crippen molar-refractivity contribution in [2.24, 2.45) is 0 Å². The van der Waals surface area contributed by atoms with Crippen LogP contribution in [0.1, 0.15) is 26.6 Å². The Morgan fingerprint density at radius 3 is 2.20 bits per heavy atom. The fourth-order valence-electron chi connectivity index (χ4n) is 2.06. The summed E-state index contributed by atoms with van der Waals surface area (Å²) in [6, 6.07) is 0.320. The zero-order valence-corrected chi connectivity index (χ0v) is 12.8. The second-order valence-corrected chi connectivity index (χ2v) is 5.83. The Bertz CT molecular complexity index is 467. The van der Waals surface area contributed by atoms with E-state index in [0.717, 1.165) is 0 Å². The van der Waals surface area contributed by atoms with Gasteiger partial charge >= 0.3 is 12.0 Å². The van der Waals surface area contributed by atoms with E-state index in [-0.39, 0.29) is 10.1 Å². The summed E-state index contributed by atoms with van der Waals surface area (Å²) in [7, 11) is 3.22. The van der Waals surface area contributed by atoms with E-state index < -0.39 is 0 Å². The Balaban J connectivity index is 2.49. The average Bonchev–Trinajstić information content (AvgIpc) is 2.46. The fourth-order valence-corrected chi connectivity index (χ4v) is 2.06. The number of hydrogen-bond donors (Lipinski definition) is 0. The van der Waals surface area contributed by atoms with E-state index in [1.165, 1.54) is 0 Å². The molecule has 0 N–H and O–H groups in total. The van der Waals surface area contributed by atoms with Gasteiger partial charge in [-0.3, -0.25) is 0 Å². The fraction of sp³-hybridized carbons (Fsp3) is 0.769. The average molecular weight is 283 g/mol. The number of nitrogens with zero attached hydrogens (tertiary/aromatic N) is 4. The van der Waals surface area contributed by atoms with Gasteiger partial charge in [-0.05, 0) is 0 Å². The first-order valence-electron chi connectivity index (χ1n) is 6.73. The van der Waals surface area contributed by atoms with Gasteiger partial charge in [0.05, 0.1) is 27.4 Å². The summed E-state index contributed by atoms with van der Waals surface area (Å²) in [4.78, 5) is 19.0. The SMILES string of the molecule is COc1nc(C(C)(C)C)nc([N+]2(OC)CCOCC2)n1. The highest BCUT2D eigenvalue weighted by molar-refractivity contribution is 5.26. The maximum atomic E-state index is 5.68. The molecule has 1 aromatic heterocycles. The van der Waals surface area contributed by atoms with E-state index in [1.807, 2.05) is 0 Å². The minimum absolute atomic E-state index is 0.186. The zero-order chi connectivity index (χ0) is 14.8. The summed E-state index contributed by atoms with van der Waals surface area (Å²) in [5.74, 6) is 1.27. The summed E-state index contributed by atoms with van der Waals surface area (Å²) in [5, 5.41) is 0. The van der Waals surface area contributed by atoms with E-state index >= 15 is 0 Å². The number of ether oxygens (including phenoxy) is 2. The van der Waals surface area contributed by atoms with Gasteiger partial charge in [0, 0.05) is 5.41 Å². The lowest BCUT2D eigenvalue weighted by molar-refractivity contribution is -0.166. The molecule has 2 rings (SSSR count). The van der Waals surface area contributed by atoms with Crippen LogP contribution in [0, 0.1) is 0 Å². The summed E-state index contributed by atoms with van der Waals surface area (Å²) < 4.78 is 10.9. The monoisotopic (exact) mass is 283 g/mol. The molecule has 0 radical (unpaired) electrons. The van der Waals surface area contributed by atoms with Crippen LogP contribution in [0.15, 0.2) is 0 Å². The van der Waals surface area contributed by atoms with Crippen molar-refractivity contribution in [2.75, 3.05) is 40.5 Å². The van der Waals surface area contributed by atoms with Gasteiger partial charge in [0.25, 0.3) is 0 Å². The highest BCUT2D eigenvalue weighted by Gasteiger charge is 2.39. The third kappa shape index (κ3) is 2.89. The number of hydrogen-bond acceptors (Lipinski definition) is 6. The Labute approximate surface area is 119 Å². The molecule has 1 aromatic rings. The molecule has 7 nitrogen and oxygen atoms in total. The Morgan fingerprint density at radius 2 is 1.70 bits per heavy atom. The largest absolute Gasteiger partial charge is 0.467 e. The number of quaternary nitrogens is 1. The van der Waals surface area contributed by atoms with Crippen LogP contribution in [-0.2, 0) is 15.0 Å². The standard InChI is InChI=1S/C13H23N4O3/c1-13(2,3)10-14-11(16-12(15-10)18-4)17(19-5)6-8-20-9-7-17/h6-9H2,1-5H3/q+1.